The Morgan fingerprint density at radius 1 is 1.10 bits per heavy atom. The minimum Gasteiger partial charge on any atom is -0.392 e. The number of hydrogen-bond donors (Lipinski definition) is 1. The highest BCUT2D eigenvalue weighted by Gasteiger charge is 2.41. The van der Waals surface area contributed by atoms with Gasteiger partial charge < -0.3 is 15.5 Å². The van der Waals surface area contributed by atoms with Gasteiger partial charge in [0.15, 0.2) is 0 Å². The highest BCUT2D eigenvalue weighted by atomic mass is 32.1. The lowest BCUT2D eigenvalue weighted by molar-refractivity contribution is -0.143. The molecule has 0 atom stereocenters. The number of likely N-dealkylation sites (N-methyl/N-ethyl adjacent to an activating group) is 2. The molecule has 0 heterocycles. The van der Waals surface area contributed by atoms with Crippen molar-refractivity contribution in [3.05, 3.63) is 0 Å². The van der Waals surface area contributed by atoms with E-state index in [0.29, 0.717) is 12.8 Å². The third kappa shape index (κ3) is 4.44. The van der Waals surface area contributed by atoms with Crippen LogP contribution in [0.4, 0.5) is 0 Å². The quantitative estimate of drug-likeness (QED) is 0.688. The van der Waals surface area contributed by atoms with Crippen LogP contribution in [-0.2, 0) is 9.59 Å². The van der Waals surface area contributed by atoms with Crippen LogP contribution in [0.1, 0.15) is 39.5 Å². The van der Waals surface area contributed by atoms with Gasteiger partial charge >= 0.3 is 0 Å². The van der Waals surface area contributed by atoms with Gasteiger partial charge in [-0.3, -0.25) is 9.59 Å². The molecule has 0 saturated carbocycles. The molecule has 0 aliphatic rings. The first-order valence-electron chi connectivity index (χ1n) is 6.98. The molecule has 0 saturated heterocycles. The van der Waals surface area contributed by atoms with Crippen molar-refractivity contribution in [1.29, 1.82) is 0 Å². The third-order valence-electron chi connectivity index (χ3n) is 3.45. The van der Waals surface area contributed by atoms with Crippen molar-refractivity contribution in [1.82, 2.24) is 9.80 Å². The SMILES string of the molecule is CCCC(CCC)(C(=O)N(C)CC(=O)N(C)C)C(N)=S. The second-order valence-corrected chi connectivity index (χ2v) is 5.84. The van der Waals surface area contributed by atoms with Crippen LogP contribution in [0.3, 0.4) is 0 Å². The average Bonchev–Trinajstić information content (AvgIpc) is 2.36. The Kier molecular flexibility index (Phi) is 7.71. The number of amides is 2. The summed E-state index contributed by atoms with van der Waals surface area (Å²) in [6.45, 7) is 4.05. The number of carbonyl (C=O) groups excluding carboxylic acids is 2. The second-order valence-electron chi connectivity index (χ2n) is 5.40. The molecule has 116 valence electrons. The van der Waals surface area contributed by atoms with E-state index < -0.39 is 5.41 Å². The first kappa shape index (κ1) is 18.8. The van der Waals surface area contributed by atoms with E-state index in [1.807, 2.05) is 13.8 Å². The summed E-state index contributed by atoms with van der Waals surface area (Å²) in [5.41, 5.74) is 5.04. The van der Waals surface area contributed by atoms with Crippen LogP contribution in [0.5, 0.6) is 0 Å². The topological polar surface area (TPSA) is 66.6 Å². The molecular formula is C14H27N3O2S. The maximum absolute atomic E-state index is 12.7. The molecule has 2 N–H and O–H groups in total. The number of nitrogens with two attached hydrogens (primary N) is 1. The highest BCUT2D eigenvalue weighted by molar-refractivity contribution is 7.80. The fourth-order valence-corrected chi connectivity index (χ4v) is 2.62. The predicted molar refractivity (Wildman–Crippen MR) is 85.4 cm³/mol. The monoisotopic (exact) mass is 301 g/mol. The van der Waals surface area contributed by atoms with Crippen molar-refractivity contribution in [2.75, 3.05) is 27.7 Å². The van der Waals surface area contributed by atoms with Crippen molar-refractivity contribution >= 4 is 29.0 Å². The molecule has 6 heteroatoms. The van der Waals surface area contributed by atoms with E-state index in [1.54, 1.807) is 21.1 Å². The molecular weight excluding hydrogens is 274 g/mol. The van der Waals surface area contributed by atoms with E-state index in [4.69, 9.17) is 18.0 Å². The Morgan fingerprint density at radius 2 is 1.55 bits per heavy atom. The van der Waals surface area contributed by atoms with Crippen LogP contribution in [0.2, 0.25) is 0 Å². The first-order chi connectivity index (χ1) is 9.22. The lowest BCUT2D eigenvalue weighted by atomic mass is 9.77. The number of nitrogens with zero attached hydrogens (tertiary/aromatic N) is 2. The third-order valence-corrected chi connectivity index (χ3v) is 3.84. The number of rotatable bonds is 8. The highest BCUT2D eigenvalue weighted by Crippen LogP contribution is 2.32. The van der Waals surface area contributed by atoms with Gasteiger partial charge in [0.2, 0.25) is 11.8 Å². The van der Waals surface area contributed by atoms with Crippen LogP contribution in [-0.4, -0.2) is 54.3 Å². The van der Waals surface area contributed by atoms with Crippen molar-refractivity contribution in [3.63, 3.8) is 0 Å². The lowest BCUT2D eigenvalue weighted by Gasteiger charge is -2.35. The van der Waals surface area contributed by atoms with Gasteiger partial charge in [-0.25, -0.2) is 0 Å². The molecule has 0 radical (unpaired) electrons. The summed E-state index contributed by atoms with van der Waals surface area (Å²) in [7, 11) is 4.96. The van der Waals surface area contributed by atoms with Crippen LogP contribution >= 0.6 is 12.2 Å². The molecule has 0 unspecified atom stereocenters. The van der Waals surface area contributed by atoms with E-state index in [0.717, 1.165) is 12.8 Å². The van der Waals surface area contributed by atoms with Crippen LogP contribution in [0.25, 0.3) is 0 Å². The van der Waals surface area contributed by atoms with Gasteiger partial charge in [-0.05, 0) is 12.8 Å². The maximum Gasteiger partial charge on any atom is 0.241 e. The zero-order chi connectivity index (χ0) is 15.9. The summed E-state index contributed by atoms with van der Waals surface area (Å²) in [5.74, 6) is -0.269. The molecule has 0 aromatic carbocycles. The number of hydrogen-bond acceptors (Lipinski definition) is 3. The zero-order valence-electron chi connectivity index (χ0n) is 13.2. The van der Waals surface area contributed by atoms with E-state index in [-0.39, 0.29) is 23.3 Å². The number of carbonyl (C=O) groups is 2. The molecule has 5 nitrogen and oxygen atoms in total. The number of thiocarbonyl (C=S) groups is 1. The molecule has 20 heavy (non-hydrogen) atoms. The molecule has 0 aromatic rings. The van der Waals surface area contributed by atoms with Gasteiger partial charge in [0.25, 0.3) is 0 Å². The maximum atomic E-state index is 12.7. The van der Waals surface area contributed by atoms with Gasteiger partial charge in [0.1, 0.15) is 0 Å². The summed E-state index contributed by atoms with van der Waals surface area (Å²) < 4.78 is 0. The largest absolute Gasteiger partial charge is 0.392 e. The standard InChI is InChI=1S/C14H27N3O2S/c1-6-8-14(9-7-2,12(15)20)13(19)17(5)10-11(18)16(3)4/h6-10H2,1-5H3,(H2,15,20). The molecule has 0 rings (SSSR count). The van der Waals surface area contributed by atoms with Crippen molar-refractivity contribution in [2.24, 2.45) is 11.1 Å². The molecule has 0 spiro atoms. The van der Waals surface area contributed by atoms with E-state index in [2.05, 4.69) is 0 Å². The van der Waals surface area contributed by atoms with Crippen LogP contribution in [0.15, 0.2) is 0 Å². The minimum absolute atomic E-state index is 0.0453. The van der Waals surface area contributed by atoms with Gasteiger partial charge in [-0.2, -0.15) is 0 Å². The Hall–Kier alpha value is -1.17. The fraction of sp³-hybridized carbons (Fsp3) is 0.786. The molecule has 0 aromatic heterocycles. The summed E-state index contributed by atoms with van der Waals surface area (Å²) in [6.07, 6.45) is 2.88. The summed E-state index contributed by atoms with van der Waals surface area (Å²) in [4.78, 5) is 27.6. The van der Waals surface area contributed by atoms with E-state index in [1.165, 1.54) is 9.80 Å². The fourth-order valence-electron chi connectivity index (χ4n) is 2.33. The second kappa shape index (κ2) is 8.19. The van der Waals surface area contributed by atoms with Crippen LogP contribution in [0, 0.1) is 5.41 Å². The Labute approximate surface area is 127 Å². The first-order valence-corrected chi connectivity index (χ1v) is 7.39. The van der Waals surface area contributed by atoms with Gasteiger partial charge in [-0.1, -0.05) is 38.9 Å². The summed E-state index contributed by atoms with van der Waals surface area (Å²) >= 11 is 5.16. The zero-order valence-corrected chi connectivity index (χ0v) is 14.0. The minimum atomic E-state index is -0.819. The molecule has 0 aliphatic carbocycles. The smallest absolute Gasteiger partial charge is 0.241 e. The summed E-state index contributed by atoms with van der Waals surface area (Å²) in [5, 5.41) is 0. The Balaban J connectivity index is 5.21. The predicted octanol–water partition coefficient (Wildman–Crippen LogP) is 1.41. The summed E-state index contributed by atoms with van der Waals surface area (Å²) in [6, 6.07) is 0. The molecule has 2 amide bonds. The van der Waals surface area contributed by atoms with E-state index in [9.17, 15) is 9.59 Å². The Morgan fingerprint density at radius 3 is 1.85 bits per heavy atom. The van der Waals surface area contributed by atoms with E-state index >= 15 is 0 Å². The average molecular weight is 301 g/mol. The van der Waals surface area contributed by atoms with Gasteiger partial charge in [0, 0.05) is 21.1 Å². The van der Waals surface area contributed by atoms with Crippen molar-refractivity contribution in [2.45, 2.75) is 39.5 Å². The van der Waals surface area contributed by atoms with Gasteiger partial charge in [-0.15, -0.1) is 0 Å². The molecule has 0 aliphatic heterocycles. The van der Waals surface area contributed by atoms with Crippen LogP contribution < -0.4 is 5.73 Å². The molecule has 0 bridgehead atoms. The van der Waals surface area contributed by atoms with Crippen molar-refractivity contribution < 1.29 is 9.59 Å². The molecule has 0 fully saturated rings. The lowest BCUT2D eigenvalue weighted by Crippen LogP contribution is -2.51. The van der Waals surface area contributed by atoms with Crippen molar-refractivity contribution in [3.8, 4) is 0 Å². The normalized spacial score (nSPS) is 11.1. The Bertz CT molecular complexity index is 363. The van der Waals surface area contributed by atoms with Gasteiger partial charge in [0.05, 0.1) is 16.9 Å².